The maximum atomic E-state index is 13.2. The van der Waals surface area contributed by atoms with E-state index in [-0.39, 0.29) is 10.7 Å². The molecule has 0 aromatic heterocycles. The van der Waals surface area contributed by atoms with E-state index in [4.69, 9.17) is 11.6 Å². The summed E-state index contributed by atoms with van der Waals surface area (Å²) in [5.41, 5.74) is -0.886. The molecule has 0 saturated carbocycles. The number of carbonyl (C=O) groups is 1. The lowest BCUT2D eigenvalue weighted by molar-refractivity contribution is -0.123. The molecule has 0 unspecified atom stereocenters. The molecule has 0 spiro atoms. The van der Waals surface area contributed by atoms with Crippen LogP contribution in [0.25, 0.3) is 0 Å². The van der Waals surface area contributed by atoms with E-state index in [1.807, 2.05) is 13.8 Å². The van der Waals surface area contributed by atoms with Gasteiger partial charge in [-0.1, -0.05) is 38.3 Å². The molecule has 1 N–H and O–H groups in total. The summed E-state index contributed by atoms with van der Waals surface area (Å²) in [6.07, 6.45) is 2.38. The molecule has 1 aromatic carbocycles. The molecular formula is C15H18ClFN2O. The second kappa shape index (κ2) is 7.25. The Balaban J connectivity index is 3.02. The lowest BCUT2D eigenvalue weighted by Gasteiger charge is -2.24. The summed E-state index contributed by atoms with van der Waals surface area (Å²) >= 11 is 5.92. The minimum Gasteiger partial charge on any atom is -0.323 e. The second-order valence-corrected chi connectivity index (χ2v) is 5.18. The van der Waals surface area contributed by atoms with E-state index < -0.39 is 17.1 Å². The number of rotatable bonds is 6. The van der Waals surface area contributed by atoms with Gasteiger partial charge in [0.25, 0.3) is 0 Å². The minimum absolute atomic E-state index is 0.198. The smallest absolute Gasteiger partial charge is 0.244 e. The van der Waals surface area contributed by atoms with Crippen LogP contribution in [0.1, 0.15) is 39.5 Å². The standard InChI is InChI=1S/C15H18ClFN2O/c1-3-7-15(10-18,8-4-2)14(20)19-13-9-11(17)5-6-12(13)16/h5-6,9H,3-4,7-8H2,1-2H3,(H,19,20). The number of benzene rings is 1. The van der Waals surface area contributed by atoms with E-state index in [2.05, 4.69) is 11.4 Å². The number of amides is 1. The van der Waals surface area contributed by atoms with Gasteiger partial charge in [0.2, 0.25) is 5.91 Å². The normalized spacial score (nSPS) is 10.9. The zero-order valence-electron chi connectivity index (χ0n) is 11.7. The molecule has 108 valence electrons. The number of carbonyl (C=O) groups excluding carboxylic acids is 1. The highest BCUT2D eigenvalue weighted by molar-refractivity contribution is 6.33. The molecule has 5 heteroatoms. The molecule has 0 saturated heterocycles. The van der Waals surface area contributed by atoms with E-state index >= 15 is 0 Å². The number of hydrogen-bond acceptors (Lipinski definition) is 2. The van der Waals surface area contributed by atoms with Crippen molar-refractivity contribution in [2.24, 2.45) is 5.41 Å². The van der Waals surface area contributed by atoms with Crippen LogP contribution in [0.5, 0.6) is 0 Å². The number of nitrogens with one attached hydrogen (secondary N) is 1. The van der Waals surface area contributed by atoms with Gasteiger partial charge in [-0.3, -0.25) is 4.79 Å². The highest BCUT2D eigenvalue weighted by Crippen LogP contribution is 2.32. The summed E-state index contributed by atoms with van der Waals surface area (Å²) in [7, 11) is 0. The quantitative estimate of drug-likeness (QED) is 0.838. The van der Waals surface area contributed by atoms with Gasteiger partial charge in [0, 0.05) is 0 Å². The lowest BCUT2D eigenvalue weighted by atomic mass is 9.79. The van der Waals surface area contributed by atoms with E-state index in [0.29, 0.717) is 12.8 Å². The first kappa shape index (κ1) is 16.5. The van der Waals surface area contributed by atoms with Crippen LogP contribution in [0.3, 0.4) is 0 Å². The van der Waals surface area contributed by atoms with Gasteiger partial charge in [-0.2, -0.15) is 5.26 Å². The van der Waals surface area contributed by atoms with E-state index in [1.165, 1.54) is 12.1 Å². The van der Waals surface area contributed by atoms with Crippen molar-refractivity contribution in [2.45, 2.75) is 39.5 Å². The molecule has 0 aliphatic carbocycles. The summed E-state index contributed by atoms with van der Waals surface area (Å²) in [4.78, 5) is 12.4. The number of halogens is 2. The third-order valence-electron chi connectivity index (χ3n) is 3.18. The van der Waals surface area contributed by atoms with Gasteiger partial charge in [-0.15, -0.1) is 0 Å². The molecule has 3 nitrogen and oxygen atoms in total. The largest absolute Gasteiger partial charge is 0.323 e. The Morgan fingerprint density at radius 2 is 2.00 bits per heavy atom. The van der Waals surface area contributed by atoms with Crippen LogP contribution in [-0.4, -0.2) is 5.91 Å². The van der Waals surface area contributed by atoms with E-state index in [1.54, 1.807) is 0 Å². The number of hydrogen-bond donors (Lipinski definition) is 1. The Labute approximate surface area is 123 Å². The van der Waals surface area contributed by atoms with Crippen molar-refractivity contribution in [2.75, 3.05) is 5.32 Å². The van der Waals surface area contributed by atoms with Crippen molar-refractivity contribution in [1.29, 1.82) is 5.26 Å². The van der Waals surface area contributed by atoms with Gasteiger partial charge in [0.15, 0.2) is 0 Å². The highest BCUT2D eigenvalue weighted by atomic mass is 35.5. The zero-order valence-corrected chi connectivity index (χ0v) is 12.4. The van der Waals surface area contributed by atoms with Crippen molar-refractivity contribution in [3.63, 3.8) is 0 Å². The van der Waals surface area contributed by atoms with E-state index in [9.17, 15) is 14.4 Å². The van der Waals surface area contributed by atoms with Crippen LogP contribution in [0.4, 0.5) is 10.1 Å². The molecule has 0 bridgehead atoms. The summed E-state index contributed by atoms with van der Waals surface area (Å²) in [5.74, 6) is -0.908. The van der Waals surface area contributed by atoms with Gasteiger partial charge in [-0.05, 0) is 31.0 Å². The molecule has 0 heterocycles. The summed E-state index contributed by atoms with van der Waals surface area (Å²) in [5, 5.41) is 12.2. The fourth-order valence-corrected chi connectivity index (χ4v) is 2.37. The maximum absolute atomic E-state index is 13.2. The van der Waals surface area contributed by atoms with Crippen LogP contribution in [-0.2, 0) is 4.79 Å². The van der Waals surface area contributed by atoms with Crippen molar-refractivity contribution in [3.8, 4) is 6.07 Å². The number of anilines is 1. The van der Waals surface area contributed by atoms with Crippen LogP contribution in [0, 0.1) is 22.6 Å². The molecule has 0 atom stereocenters. The molecular weight excluding hydrogens is 279 g/mol. The topological polar surface area (TPSA) is 52.9 Å². The lowest BCUT2D eigenvalue weighted by Crippen LogP contribution is -2.35. The van der Waals surface area contributed by atoms with Gasteiger partial charge in [-0.25, -0.2) is 4.39 Å². The number of nitrogens with zero attached hydrogens (tertiary/aromatic N) is 1. The SMILES string of the molecule is CCCC(C#N)(CCC)C(=O)Nc1cc(F)ccc1Cl. The van der Waals surface area contributed by atoms with Crippen molar-refractivity contribution in [3.05, 3.63) is 29.0 Å². The van der Waals surface area contributed by atoms with Crippen molar-refractivity contribution >= 4 is 23.2 Å². The predicted octanol–water partition coefficient (Wildman–Crippen LogP) is 4.53. The predicted molar refractivity (Wildman–Crippen MR) is 77.9 cm³/mol. The minimum atomic E-state index is -1.08. The monoisotopic (exact) mass is 296 g/mol. The van der Waals surface area contributed by atoms with Gasteiger partial charge < -0.3 is 5.32 Å². The average Bonchev–Trinajstić information content (AvgIpc) is 2.42. The molecule has 0 radical (unpaired) electrons. The first-order valence-electron chi connectivity index (χ1n) is 6.67. The van der Waals surface area contributed by atoms with Crippen LogP contribution in [0.15, 0.2) is 18.2 Å². The summed E-state index contributed by atoms with van der Waals surface area (Å²) in [6, 6.07) is 5.87. The molecule has 1 rings (SSSR count). The van der Waals surface area contributed by atoms with Gasteiger partial charge in [0.1, 0.15) is 11.2 Å². The Morgan fingerprint density at radius 1 is 1.40 bits per heavy atom. The van der Waals surface area contributed by atoms with Crippen molar-refractivity contribution in [1.82, 2.24) is 0 Å². The Morgan fingerprint density at radius 3 is 2.50 bits per heavy atom. The Kier molecular flexibility index (Phi) is 5.97. The first-order valence-corrected chi connectivity index (χ1v) is 7.04. The molecule has 0 aliphatic rings. The van der Waals surface area contributed by atoms with Crippen LogP contribution >= 0.6 is 11.6 Å². The molecule has 1 amide bonds. The third kappa shape index (κ3) is 3.71. The van der Waals surface area contributed by atoms with E-state index in [0.717, 1.165) is 18.9 Å². The van der Waals surface area contributed by atoms with Crippen LogP contribution in [0.2, 0.25) is 5.02 Å². The van der Waals surface area contributed by atoms with Crippen LogP contribution < -0.4 is 5.32 Å². The highest BCUT2D eigenvalue weighted by Gasteiger charge is 2.37. The number of nitriles is 1. The Hall–Kier alpha value is -1.60. The second-order valence-electron chi connectivity index (χ2n) is 4.77. The summed E-state index contributed by atoms with van der Waals surface area (Å²) < 4.78 is 13.2. The maximum Gasteiger partial charge on any atom is 0.244 e. The molecule has 1 aromatic rings. The molecule has 0 fully saturated rings. The van der Waals surface area contributed by atoms with Crippen molar-refractivity contribution < 1.29 is 9.18 Å². The molecule has 0 aliphatic heterocycles. The first-order chi connectivity index (χ1) is 9.49. The summed E-state index contributed by atoms with van der Waals surface area (Å²) in [6.45, 7) is 3.84. The third-order valence-corrected chi connectivity index (χ3v) is 3.51. The Bertz CT molecular complexity index is 519. The fraction of sp³-hybridized carbons (Fsp3) is 0.467. The fourth-order valence-electron chi connectivity index (χ4n) is 2.20. The zero-order chi connectivity index (χ0) is 15.2. The van der Waals surface area contributed by atoms with Gasteiger partial charge >= 0.3 is 0 Å². The average molecular weight is 297 g/mol. The van der Waals surface area contributed by atoms with Gasteiger partial charge in [0.05, 0.1) is 16.8 Å². The molecule has 20 heavy (non-hydrogen) atoms.